The molecule has 3 heteroatoms. The van der Waals surface area contributed by atoms with Crippen LogP contribution in [0.3, 0.4) is 0 Å². The highest BCUT2D eigenvalue weighted by molar-refractivity contribution is 5.80. The van der Waals surface area contributed by atoms with E-state index in [1.54, 1.807) is 0 Å². The summed E-state index contributed by atoms with van der Waals surface area (Å²) in [4.78, 5) is 11.3. The van der Waals surface area contributed by atoms with Gasteiger partial charge in [0.25, 0.3) is 0 Å². The zero-order valence-electron chi connectivity index (χ0n) is 9.59. The first-order valence-corrected chi connectivity index (χ1v) is 6.27. The third kappa shape index (κ3) is 3.49. The van der Waals surface area contributed by atoms with Gasteiger partial charge in [-0.1, -0.05) is 6.92 Å². The van der Waals surface area contributed by atoms with E-state index in [4.69, 9.17) is 0 Å². The Labute approximate surface area is 92.0 Å². The lowest BCUT2D eigenvalue weighted by molar-refractivity contribution is -0.122. The van der Waals surface area contributed by atoms with Gasteiger partial charge in [-0.3, -0.25) is 4.79 Å². The van der Waals surface area contributed by atoms with Crippen LogP contribution in [0.2, 0.25) is 0 Å². The van der Waals surface area contributed by atoms with Crippen LogP contribution in [-0.2, 0) is 4.79 Å². The minimum atomic E-state index is 0.261. The van der Waals surface area contributed by atoms with E-state index in [9.17, 15) is 4.79 Å². The van der Waals surface area contributed by atoms with E-state index in [1.165, 1.54) is 19.3 Å². The van der Waals surface area contributed by atoms with Gasteiger partial charge in [0.05, 0.1) is 0 Å². The standard InChI is InChI=1S/C12H22N2O/c1-9-2-5-11(8-9)13-6-7-14-12(15)10-3-4-10/h9-11,13H,2-8H2,1H3,(H,14,15)/t9-,11-/m1/s1. The third-order valence-corrected chi connectivity index (χ3v) is 3.50. The van der Waals surface area contributed by atoms with E-state index in [-0.39, 0.29) is 5.91 Å². The van der Waals surface area contributed by atoms with Crippen LogP contribution in [-0.4, -0.2) is 25.0 Å². The minimum Gasteiger partial charge on any atom is -0.355 e. The minimum absolute atomic E-state index is 0.261. The summed E-state index contributed by atoms with van der Waals surface area (Å²) in [7, 11) is 0. The number of hydrogen-bond donors (Lipinski definition) is 2. The van der Waals surface area contributed by atoms with Crippen molar-refractivity contribution in [2.75, 3.05) is 13.1 Å². The highest BCUT2D eigenvalue weighted by Crippen LogP contribution is 2.28. The molecule has 0 saturated heterocycles. The second-order valence-corrected chi connectivity index (χ2v) is 5.13. The van der Waals surface area contributed by atoms with Gasteiger partial charge in [-0.25, -0.2) is 0 Å². The average molecular weight is 210 g/mol. The summed E-state index contributed by atoms with van der Waals surface area (Å²) in [5.41, 5.74) is 0. The monoisotopic (exact) mass is 210 g/mol. The van der Waals surface area contributed by atoms with Crippen molar-refractivity contribution in [3.05, 3.63) is 0 Å². The summed E-state index contributed by atoms with van der Waals surface area (Å²) in [6, 6.07) is 0.692. The maximum Gasteiger partial charge on any atom is 0.223 e. The van der Waals surface area contributed by atoms with Crippen molar-refractivity contribution < 1.29 is 4.79 Å². The van der Waals surface area contributed by atoms with Crippen LogP contribution in [0.25, 0.3) is 0 Å². The zero-order valence-corrected chi connectivity index (χ0v) is 9.59. The van der Waals surface area contributed by atoms with Gasteiger partial charge in [-0.2, -0.15) is 0 Å². The van der Waals surface area contributed by atoms with Crippen LogP contribution in [0.1, 0.15) is 39.0 Å². The molecule has 0 radical (unpaired) electrons. The number of carbonyl (C=O) groups is 1. The maximum absolute atomic E-state index is 11.3. The van der Waals surface area contributed by atoms with Crippen LogP contribution in [0.4, 0.5) is 0 Å². The van der Waals surface area contributed by atoms with Gasteiger partial charge in [0.1, 0.15) is 0 Å². The van der Waals surface area contributed by atoms with Crippen LogP contribution in [0, 0.1) is 11.8 Å². The molecule has 0 spiro atoms. The van der Waals surface area contributed by atoms with Crippen molar-refractivity contribution in [3.63, 3.8) is 0 Å². The van der Waals surface area contributed by atoms with Crippen molar-refractivity contribution in [2.45, 2.75) is 45.1 Å². The molecule has 2 aliphatic rings. The number of carbonyl (C=O) groups excluding carboxylic acids is 1. The van der Waals surface area contributed by atoms with Crippen LogP contribution in [0.15, 0.2) is 0 Å². The quantitative estimate of drug-likeness (QED) is 0.671. The number of amides is 1. The molecular formula is C12H22N2O. The molecule has 0 heterocycles. The molecule has 0 aromatic rings. The number of rotatable bonds is 5. The SMILES string of the molecule is C[C@@H]1CC[C@@H](NCCNC(=O)C2CC2)C1. The Balaban J connectivity index is 1.49. The van der Waals surface area contributed by atoms with E-state index in [0.29, 0.717) is 12.0 Å². The molecule has 0 aromatic carbocycles. The molecule has 2 saturated carbocycles. The fourth-order valence-electron chi connectivity index (χ4n) is 2.34. The summed E-state index contributed by atoms with van der Waals surface area (Å²) >= 11 is 0. The molecule has 0 aliphatic heterocycles. The van der Waals surface area contributed by atoms with E-state index >= 15 is 0 Å². The lowest BCUT2D eigenvalue weighted by Crippen LogP contribution is -2.36. The van der Waals surface area contributed by atoms with Gasteiger partial charge in [-0.15, -0.1) is 0 Å². The number of hydrogen-bond acceptors (Lipinski definition) is 2. The Morgan fingerprint density at radius 3 is 2.60 bits per heavy atom. The summed E-state index contributed by atoms with van der Waals surface area (Å²) in [5, 5.41) is 6.49. The van der Waals surface area contributed by atoms with Crippen molar-refractivity contribution in [3.8, 4) is 0 Å². The highest BCUT2D eigenvalue weighted by atomic mass is 16.2. The fraction of sp³-hybridized carbons (Fsp3) is 0.917. The third-order valence-electron chi connectivity index (χ3n) is 3.50. The Kier molecular flexibility index (Phi) is 3.62. The predicted octanol–water partition coefficient (Wildman–Crippen LogP) is 1.29. The van der Waals surface area contributed by atoms with Crippen molar-refractivity contribution >= 4 is 5.91 Å². The molecule has 86 valence electrons. The van der Waals surface area contributed by atoms with E-state index < -0.39 is 0 Å². The summed E-state index contributed by atoms with van der Waals surface area (Å²) in [6.07, 6.45) is 6.15. The lowest BCUT2D eigenvalue weighted by Gasteiger charge is -2.12. The molecule has 1 amide bonds. The molecule has 2 fully saturated rings. The fourth-order valence-corrected chi connectivity index (χ4v) is 2.34. The molecule has 3 nitrogen and oxygen atoms in total. The molecule has 0 unspecified atom stereocenters. The normalized spacial score (nSPS) is 30.5. The van der Waals surface area contributed by atoms with Crippen LogP contribution in [0.5, 0.6) is 0 Å². The molecule has 2 rings (SSSR count). The Morgan fingerprint density at radius 2 is 2.00 bits per heavy atom. The second-order valence-electron chi connectivity index (χ2n) is 5.13. The smallest absolute Gasteiger partial charge is 0.223 e. The topological polar surface area (TPSA) is 41.1 Å². The molecule has 2 N–H and O–H groups in total. The lowest BCUT2D eigenvalue weighted by atomic mass is 10.1. The molecule has 2 atom stereocenters. The maximum atomic E-state index is 11.3. The van der Waals surface area contributed by atoms with Gasteiger partial charge >= 0.3 is 0 Å². The molecule has 0 aromatic heterocycles. The molecular weight excluding hydrogens is 188 g/mol. The summed E-state index contributed by atoms with van der Waals surface area (Å²) in [5.74, 6) is 1.48. The van der Waals surface area contributed by atoms with Gasteiger partial charge in [0.2, 0.25) is 5.91 Å². The van der Waals surface area contributed by atoms with Crippen molar-refractivity contribution in [1.82, 2.24) is 10.6 Å². The Morgan fingerprint density at radius 1 is 1.20 bits per heavy atom. The Hall–Kier alpha value is -0.570. The second kappa shape index (κ2) is 4.97. The molecule has 0 bridgehead atoms. The summed E-state index contributed by atoms with van der Waals surface area (Å²) < 4.78 is 0. The first-order chi connectivity index (χ1) is 7.25. The molecule has 15 heavy (non-hydrogen) atoms. The van der Waals surface area contributed by atoms with Gasteiger partial charge < -0.3 is 10.6 Å². The van der Waals surface area contributed by atoms with E-state index in [0.717, 1.165) is 31.8 Å². The first kappa shape index (κ1) is 10.9. The first-order valence-electron chi connectivity index (χ1n) is 6.27. The van der Waals surface area contributed by atoms with E-state index in [2.05, 4.69) is 17.6 Å². The van der Waals surface area contributed by atoms with Gasteiger partial charge in [0, 0.05) is 25.0 Å². The van der Waals surface area contributed by atoms with Gasteiger partial charge in [-0.05, 0) is 38.0 Å². The summed E-state index contributed by atoms with van der Waals surface area (Å²) in [6.45, 7) is 4.03. The van der Waals surface area contributed by atoms with Crippen molar-refractivity contribution in [2.24, 2.45) is 11.8 Å². The number of nitrogens with one attached hydrogen (secondary N) is 2. The van der Waals surface area contributed by atoms with E-state index in [1.807, 2.05) is 0 Å². The molecule has 2 aliphatic carbocycles. The highest BCUT2D eigenvalue weighted by Gasteiger charge is 2.29. The average Bonchev–Trinajstić information content (AvgIpc) is 2.98. The van der Waals surface area contributed by atoms with Crippen LogP contribution < -0.4 is 10.6 Å². The predicted molar refractivity (Wildman–Crippen MR) is 60.5 cm³/mol. The zero-order chi connectivity index (χ0) is 10.7. The largest absolute Gasteiger partial charge is 0.355 e. The van der Waals surface area contributed by atoms with Gasteiger partial charge in [0.15, 0.2) is 0 Å². The van der Waals surface area contributed by atoms with Crippen LogP contribution >= 0.6 is 0 Å². The van der Waals surface area contributed by atoms with Crippen molar-refractivity contribution in [1.29, 1.82) is 0 Å². The Bertz CT molecular complexity index is 226.